The molecule has 0 aliphatic heterocycles. The smallest absolute Gasteiger partial charge is 0.437 e. The summed E-state index contributed by atoms with van der Waals surface area (Å²) in [7, 11) is 0. The van der Waals surface area contributed by atoms with E-state index < -0.39 is 40.6 Å². The van der Waals surface area contributed by atoms with E-state index in [1.54, 1.807) is 41.5 Å². The van der Waals surface area contributed by atoms with Gasteiger partial charge in [0, 0.05) is 13.1 Å². The van der Waals surface area contributed by atoms with Crippen LogP contribution in [0.25, 0.3) is 0 Å². The van der Waals surface area contributed by atoms with Crippen LogP contribution in [0.15, 0.2) is 4.99 Å². The first-order valence-corrected chi connectivity index (χ1v) is 14.8. The quantitative estimate of drug-likeness (QED) is 0.114. The second kappa shape index (κ2) is 17.0. The lowest BCUT2D eigenvalue weighted by Gasteiger charge is -2.37. The van der Waals surface area contributed by atoms with Gasteiger partial charge in [-0.1, -0.05) is 31.4 Å². The van der Waals surface area contributed by atoms with Gasteiger partial charge in [0.05, 0.1) is 11.2 Å². The molecule has 12 nitrogen and oxygen atoms in total. The fourth-order valence-electron chi connectivity index (χ4n) is 3.32. The summed E-state index contributed by atoms with van der Waals surface area (Å²) in [6.45, 7) is 25.7. The van der Waals surface area contributed by atoms with E-state index in [4.69, 9.17) is 24.9 Å². The molecule has 0 fully saturated rings. The zero-order chi connectivity index (χ0) is 32.9. The Morgan fingerprint density at radius 3 is 1.76 bits per heavy atom. The number of aliphatic imine (C=N–C) groups is 1. The molecule has 0 rings (SSSR count). The number of ether oxygens (including phenoxy) is 2. The first-order chi connectivity index (χ1) is 18.9. The summed E-state index contributed by atoms with van der Waals surface area (Å²) >= 11 is 0. The average Bonchev–Trinajstić information content (AvgIpc) is 2.73. The minimum Gasteiger partial charge on any atom is -0.443 e. The third kappa shape index (κ3) is 19.6. The van der Waals surface area contributed by atoms with E-state index in [-0.39, 0.29) is 31.3 Å². The Kier molecular flexibility index (Phi) is 16.0. The van der Waals surface area contributed by atoms with Crippen molar-refractivity contribution in [1.29, 1.82) is 0 Å². The molecule has 0 aliphatic rings. The van der Waals surface area contributed by atoms with Crippen LogP contribution in [0.5, 0.6) is 0 Å². The number of rotatable bonds is 13. The van der Waals surface area contributed by atoms with Crippen LogP contribution in [-0.2, 0) is 23.9 Å². The summed E-state index contributed by atoms with van der Waals surface area (Å²) < 4.78 is 10.7. The van der Waals surface area contributed by atoms with Gasteiger partial charge in [-0.05, 0) is 102 Å². The Hall–Kier alpha value is -2.44. The fraction of sp³-hybridized carbons (Fsp3) is 0.833. The number of hydrogen-bond donors (Lipinski definition) is 2. The third-order valence-corrected chi connectivity index (χ3v) is 4.86. The molecular formula is C30H58N5O7. The van der Waals surface area contributed by atoms with Gasteiger partial charge in [0.25, 0.3) is 0 Å². The molecule has 3 amide bonds. The lowest BCUT2D eigenvalue weighted by molar-refractivity contribution is -0.440. The van der Waals surface area contributed by atoms with Crippen LogP contribution in [-0.4, -0.2) is 75.7 Å². The fourth-order valence-corrected chi connectivity index (χ4v) is 3.32. The highest BCUT2D eigenvalue weighted by Gasteiger charge is 2.35. The minimum atomic E-state index is -0.937. The van der Waals surface area contributed by atoms with E-state index in [1.807, 2.05) is 41.5 Å². The molecule has 0 heterocycles. The number of unbranched alkanes of at least 4 members (excludes halogenated alkanes) is 3. The number of carbonyl (C=O) groups is 3. The molecule has 3 N–H and O–H groups in total. The molecule has 0 spiro atoms. The number of hydroxylamine groups is 2. The molecule has 0 bridgehead atoms. The van der Waals surface area contributed by atoms with E-state index in [0.29, 0.717) is 6.54 Å². The monoisotopic (exact) mass is 600 g/mol. The Morgan fingerprint density at radius 1 is 0.786 bits per heavy atom. The Labute approximate surface area is 253 Å². The van der Waals surface area contributed by atoms with E-state index in [0.717, 1.165) is 30.6 Å². The van der Waals surface area contributed by atoms with Crippen LogP contribution in [0.4, 0.5) is 9.59 Å². The molecule has 1 unspecified atom stereocenters. The summed E-state index contributed by atoms with van der Waals surface area (Å²) in [5.41, 5.74) is 3.15. The number of amides is 3. The Morgan fingerprint density at radius 2 is 1.31 bits per heavy atom. The van der Waals surface area contributed by atoms with Crippen molar-refractivity contribution in [1.82, 2.24) is 15.4 Å². The van der Waals surface area contributed by atoms with E-state index in [2.05, 4.69) is 17.2 Å². The molecule has 1 radical (unpaired) electrons. The van der Waals surface area contributed by atoms with E-state index >= 15 is 0 Å². The van der Waals surface area contributed by atoms with Gasteiger partial charge in [0.2, 0.25) is 11.9 Å². The molecule has 0 aromatic rings. The van der Waals surface area contributed by atoms with E-state index in [9.17, 15) is 14.4 Å². The molecule has 245 valence electrons. The number of guanidine groups is 1. The van der Waals surface area contributed by atoms with Gasteiger partial charge in [0.1, 0.15) is 17.2 Å². The van der Waals surface area contributed by atoms with Gasteiger partial charge in [-0.25, -0.2) is 14.5 Å². The van der Waals surface area contributed by atoms with Crippen molar-refractivity contribution in [2.45, 2.75) is 150 Å². The van der Waals surface area contributed by atoms with Crippen LogP contribution in [0.3, 0.4) is 0 Å². The zero-order valence-electron chi connectivity index (χ0n) is 28.2. The molecule has 42 heavy (non-hydrogen) atoms. The van der Waals surface area contributed by atoms with Crippen molar-refractivity contribution in [3.05, 3.63) is 6.92 Å². The van der Waals surface area contributed by atoms with Crippen LogP contribution < -0.4 is 11.1 Å². The van der Waals surface area contributed by atoms with Gasteiger partial charge in [0.15, 0.2) is 0 Å². The summed E-state index contributed by atoms with van der Waals surface area (Å²) in [4.78, 5) is 55.8. The van der Waals surface area contributed by atoms with Crippen molar-refractivity contribution in [3.63, 3.8) is 0 Å². The number of nitrogens with zero attached hydrogens (tertiary/aromatic N) is 3. The molecule has 12 heteroatoms. The molecule has 1 atom stereocenters. The maximum Gasteiger partial charge on any atom is 0.437 e. The average molecular weight is 601 g/mol. The SMILES string of the molecule is [CH2]CCCCCNC(=O)C(CCCN(C(=O)OC(C)(C)C)C(N)=NC(=O)OC(C)(C)C)N(OC(C)(C)C)OC(C)(C)C. The largest absolute Gasteiger partial charge is 0.443 e. The lowest BCUT2D eigenvalue weighted by atomic mass is 10.1. The number of nitrogens with two attached hydrogens (primary N) is 1. The second-order valence-electron chi connectivity index (χ2n) is 14.1. The Balaban J connectivity index is 6.07. The van der Waals surface area contributed by atoms with Gasteiger partial charge >= 0.3 is 12.2 Å². The van der Waals surface area contributed by atoms with Gasteiger partial charge in [-0.3, -0.25) is 14.5 Å². The van der Waals surface area contributed by atoms with Crippen molar-refractivity contribution in [2.24, 2.45) is 10.7 Å². The van der Waals surface area contributed by atoms with Crippen LogP contribution >= 0.6 is 0 Å². The zero-order valence-corrected chi connectivity index (χ0v) is 28.2. The predicted octanol–water partition coefficient (Wildman–Crippen LogP) is 5.89. The van der Waals surface area contributed by atoms with Crippen LogP contribution in [0, 0.1) is 6.92 Å². The lowest BCUT2D eigenvalue weighted by Crippen LogP contribution is -2.52. The first kappa shape index (κ1) is 39.6. The highest BCUT2D eigenvalue weighted by molar-refractivity contribution is 5.98. The normalized spacial score (nSPS) is 14.0. The third-order valence-electron chi connectivity index (χ3n) is 4.86. The molecule has 0 saturated carbocycles. The summed E-state index contributed by atoms with van der Waals surface area (Å²) in [6, 6.07) is -0.860. The summed E-state index contributed by atoms with van der Waals surface area (Å²) in [6.07, 6.45) is 2.36. The number of hydrogen-bond acceptors (Lipinski definition) is 8. The highest BCUT2D eigenvalue weighted by atomic mass is 17.0. The van der Waals surface area contributed by atoms with Crippen LogP contribution in [0.1, 0.15) is 122 Å². The van der Waals surface area contributed by atoms with Crippen molar-refractivity contribution in [2.75, 3.05) is 13.1 Å². The predicted molar refractivity (Wildman–Crippen MR) is 164 cm³/mol. The number of nitrogens with one attached hydrogen (secondary N) is 1. The second-order valence-corrected chi connectivity index (χ2v) is 14.1. The van der Waals surface area contributed by atoms with Crippen LogP contribution in [0.2, 0.25) is 0 Å². The number of carbonyl (C=O) groups excluding carboxylic acids is 3. The first-order valence-electron chi connectivity index (χ1n) is 14.8. The van der Waals surface area contributed by atoms with Crippen molar-refractivity contribution < 1.29 is 33.5 Å². The summed E-state index contributed by atoms with van der Waals surface area (Å²) in [5.74, 6) is -0.656. The Bertz CT molecular complexity index is 864. The summed E-state index contributed by atoms with van der Waals surface area (Å²) in [5, 5.41) is 4.23. The van der Waals surface area contributed by atoms with Crippen molar-refractivity contribution >= 4 is 24.1 Å². The maximum absolute atomic E-state index is 13.5. The topological polar surface area (TPSA) is 145 Å². The molecule has 0 aromatic carbocycles. The molecule has 0 aromatic heterocycles. The van der Waals surface area contributed by atoms with Gasteiger partial charge < -0.3 is 20.5 Å². The maximum atomic E-state index is 13.5. The molecular weight excluding hydrogens is 542 g/mol. The van der Waals surface area contributed by atoms with Crippen molar-refractivity contribution in [3.8, 4) is 0 Å². The molecule has 0 aliphatic carbocycles. The highest BCUT2D eigenvalue weighted by Crippen LogP contribution is 2.22. The minimum absolute atomic E-state index is 0.000793. The van der Waals surface area contributed by atoms with Gasteiger partial charge in [-0.2, -0.15) is 0 Å². The van der Waals surface area contributed by atoms with Gasteiger partial charge in [-0.15, -0.1) is 4.99 Å². The standard InChI is InChI=1S/C30H58N5O7/c1-14-15-16-17-20-32-23(36)22(35(41-29(8,9)10)42-30(11,12)13)19-18-21-34(26(38)40-28(5,6)7)24(31)33-25(37)39-27(2,3)4/h22H,1,14-21H2,2-13H3,(H,32,36)(H2,31,33,37). The molecule has 0 saturated heterocycles. The van der Waals surface area contributed by atoms with E-state index in [1.165, 1.54) is 5.23 Å².